The van der Waals surface area contributed by atoms with Crippen LogP contribution >= 0.6 is 0 Å². The molecular weight excluding hydrogens is 228 g/mol. The maximum absolute atomic E-state index is 12.0. The van der Waals surface area contributed by atoms with Gasteiger partial charge in [0.05, 0.1) is 5.56 Å². The molecule has 1 rings (SSSR count). The van der Waals surface area contributed by atoms with Gasteiger partial charge in [-0.3, -0.25) is 4.79 Å². The van der Waals surface area contributed by atoms with Crippen molar-refractivity contribution in [1.82, 2.24) is 5.32 Å². The molecule has 1 atom stereocenters. The van der Waals surface area contributed by atoms with E-state index in [1.807, 2.05) is 33.8 Å². The summed E-state index contributed by atoms with van der Waals surface area (Å²) in [6.45, 7) is 8.17. The number of aromatic hydroxyl groups is 1. The van der Waals surface area contributed by atoms with Crippen molar-refractivity contribution >= 4 is 5.91 Å². The van der Waals surface area contributed by atoms with Crippen molar-refractivity contribution < 1.29 is 9.90 Å². The van der Waals surface area contributed by atoms with Gasteiger partial charge in [0.15, 0.2) is 0 Å². The van der Waals surface area contributed by atoms with Gasteiger partial charge >= 0.3 is 0 Å². The highest BCUT2D eigenvalue weighted by molar-refractivity contribution is 5.97. The summed E-state index contributed by atoms with van der Waals surface area (Å²) in [4.78, 5) is 12.0. The van der Waals surface area contributed by atoms with Crippen molar-refractivity contribution in [3.05, 3.63) is 29.3 Å². The molecule has 0 saturated carbocycles. The smallest absolute Gasteiger partial charge is 0.255 e. The van der Waals surface area contributed by atoms with E-state index in [-0.39, 0.29) is 23.1 Å². The Hall–Kier alpha value is -1.55. The fraction of sp³-hybridized carbons (Fsp3) is 0.500. The number of carbonyl (C=O) groups is 1. The summed E-state index contributed by atoms with van der Waals surface area (Å²) in [5.41, 5.74) is 6.30. The number of nitrogens with one attached hydrogen (secondary N) is 1. The molecule has 1 aromatic rings. The van der Waals surface area contributed by atoms with E-state index in [9.17, 15) is 9.90 Å². The summed E-state index contributed by atoms with van der Waals surface area (Å²) in [5, 5.41) is 12.9. The Bertz CT molecular complexity index is 436. The topological polar surface area (TPSA) is 75.3 Å². The van der Waals surface area contributed by atoms with Crippen molar-refractivity contribution in [1.29, 1.82) is 0 Å². The third-order valence-electron chi connectivity index (χ3n) is 2.82. The Morgan fingerprint density at radius 1 is 1.44 bits per heavy atom. The van der Waals surface area contributed by atoms with Crippen LogP contribution in [0, 0.1) is 0 Å². The summed E-state index contributed by atoms with van der Waals surface area (Å²) in [7, 11) is 0. The van der Waals surface area contributed by atoms with E-state index < -0.39 is 0 Å². The Labute approximate surface area is 108 Å². The lowest BCUT2D eigenvalue weighted by molar-refractivity contribution is 0.0938. The molecule has 0 aromatic heterocycles. The Kier molecular flexibility index (Phi) is 4.35. The lowest BCUT2D eigenvalue weighted by atomic mass is 9.85. The molecule has 4 N–H and O–H groups in total. The third kappa shape index (κ3) is 3.23. The van der Waals surface area contributed by atoms with Crippen LogP contribution in [0.2, 0.25) is 0 Å². The normalized spacial score (nSPS) is 13.2. The highest BCUT2D eigenvalue weighted by Gasteiger charge is 2.22. The molecule has 100 valence electrons. The first-order valence-corrected chi connectivity index (χ1v) is 6.10. The average Bonchev–Trinajstić information content (AvgIpc) is 2.27. The predicted molar refractivity (Wildman–Crippen MR) is 72.8 cm³/mol. The zero-order valence-corrected chi connectivity index (χ0v) is 11.4. The fourth-order valence-corrected chi connectivity index (χ4v) is 1.69. The highest BCUT2D eigenvalue weighted by atomic mass is 16.3. The summed E-state index contributed by atoms with van der Waals surface area (Å²) in [6, 6.07) is 5.11. The monoisotopic (exact) mass is 250 g/mol. The SMILES string of the molecule is CC(CN)NC(=O)c1cccc(C(C)(C)C)c1O. The van der Waals surface area contributed by atoms with Gasteiger partial charge in [-0.25, -0.2) is 0 Å². The van der Waals surface area contributed by atoms with Gasteiger partial charge in [0.1, 0.15) is 5.75 Å². The molecule has 18 heavy (non-hydrogen) atoms. The minimum absolute atomic E-state index is 0.0479. The molecule has 0 bridgehead atoms. The first-order valence-electron chi connectivity index (χ1n) is 6.10. The standard InChI is InChI=1S/C14H22N2O2/c1-9(8-15)16-13(18)10-6-5-7-11(12(10)17)14(2,3)4/h5-7,9,17H,8,15H2,1-4H3,(H,16,18). The van der Waals surface area contributed by atoms with Crippen LogP contribution in [-0.4, -0.2) is 23.6 Å². The molecule has 4 nitrogen and oxygen atoms in total. The maximum Gasteiger partial charge on any atom is 0.255 e. The summed E-state index contributed by atoms with van der Waals surface area (Å²) in [6.07, 6.45) is 0. The number of benzene rings is 1. The number of amides is 1. The van der Waals surface area contributed by atoms with Crippen LogP contribution in [0.3, 0.4) is 0 Å². The largest absolute Gasteiger partial charge is 0.507 e. The van der Waals surface area contributed by atoms with Crippen molar-refractivity contribution in [2.75, 3.05) is 6.54 Å². The van der Waals surface area contributed by atoms with Crippen LogP contribution in [0.1, 0.15) is 43.6 Å². The second-order valence-corrected chi connectivity index (χ2v) is 5.56. The molecular formula is C14H22N2O2. The first-order chi connectivity index (χ1) is 8.27. The molecule has 0 radical (unpaired) electrons. The molecule has 0 saturated heterocycles. The quantitative estimate of drug-likeness (QED) is 0.765. The van der Waals surface area contributed by atoms with Crippen molar-refractivity contribution in [3.8, 4) is 5.75 Å². The number of carbonyl (C=O) groups excluding carboxylic acids is 1. The zero-order chi connectivity index (χ0) is 13.9. The van der Waals surface area contributed by atoms with Crippen LogP contribution in [0.25, 0.3) is 0 Å². The van der Waals surface area contributed by atoms with E-state index in [1.165, 1.54) is 0 Å². The van der Waals surface area contributed by atoms with E-state index in [4.69, 9.17) is 5.73 Å². The number of nitrogens with two attached hydrogens (primary N) is 1. The minimum Gasteiger partial charge on any atom is -0.507 e. The van der Waals surface area contributed by atoms with Crippen LogP contribution in [-0.2, 0) is 5.41 Å². The number of para-hydroxylation sites is 1. The first kappa shape index (κ1) is 14.5. The Balaban J connectivity index is 3.08. The fourth-order valence-electron chi connectivity index (χ4n) is 1.69. The van der Waals surface area contributed by atoms with Crippen LogP contribution in [0.5, 0.6) is 5.75 Å². The lowest BCUT2D eigenvalue weighted by Crippen LogP contribution is -2.37. The van der Waals surface area contributed by atoms with E-state index >= 15 is 0 Å². The minimum atomic E-state index is -0.295. The Morgan fingerprint density at radius 3 is 2.56 bits per heavy atom. The van der Waals surface area contributed by atoms with Crippen LogP contribution in [0.15, 0.2) is 18.2 Å². The Morgan fingerprint density at radius 2 is 2.06 bits per heavy atom. The molecule has 0 spiro atoms. The molecule has 1 amide bonds. The van der Waals surface area contributed by atoms with Gasteiger partial charge in [0, 0.05) is 18.2 Å². The second-order valence-electron chi connectivity index (χ2n) is 5.56. The zero-order valence-electron chi connectivity index (χ0n) is 11.4. The molecule has 1 aromatic carbocycles. The van der Waals surface area contributed by atoms with E-state index in [1.54, 1.807) is 12.1 Å². The molecule has 0 heterocycles. The second kappa shape index (κ2) is 5.40. The van der Waals surface area contributed by atoms with Crippen molar-refractivity contribution in [2.24, 2.45) is 5.73 Å². The van der Waals surface area contributed by atoms with Crippen molar-refractivity contribution in [2.45, 2.75) is 39.2 Å². The van der Waals surface area contributed by atoms with Gasteiger partial charge in [-0.2, -0.15) is 0 Å². The van der Waals surface area contributed by atoms with Crippen molar-refractivity contribution in [3.63, 3.8) is 0 Å². The molecule has 0 aliphatic rings. The van der Waals surface area contributed by atoms with Crippen LogP contribution < -0.4 is 11.1 Å². The van der Waals surface area contributed by atoms with Gasteiger partial charge in [-0.15, -0.1) is 0 Å². The van der Waals surface area contributed by atoms with E-state index in [0.29, 0.717) is 12.1 Å². The molecule has 0 aliphatic carbocycles. The maximum atomic E-state index is 12.0. The van der Waals surface area contributed by atoms with Crippen LogP contribution in [0.4, 0.5) is 0 Å². The number of hydrogen-bond acceptors (Lipinski definition) is 3. The predicted octanol–water partition coefficient (Wildman–Crippen LogP) is 1.77. The van der Waals surface area contributed by atoms with E-state index in [0.717, 1.165) is 5.56 Å². The summed E-state index contributed by atoms with van der Waals surface area (Å²) in [5.74, 6) is -0.247. The van der Waals surface area contributed by atoms with Gasteiger partial charge in [0.25, 0.3) is 5.91 Å². The average molecular weight is 250 g/mol. The number of rotatable bonds is 3. The third-order valence-corrected chi connectivity index (χ3v) is 2.82. The van der Waals surface area contributed by atoms with Gasteiger partial charge < -0.3 is 16.2 Å². The van der Waals surface area contributed by atoms with Gasteiger partial charge in [-0.1, -0.05) is 32.9 Å². The summed E-state index contributed by atoms with van der Waals surface area (Å²) < 4.78 is 0. The van der Waals surface area contributed by atoms with Gasteiger partial charge in [0.2, 0.25) is 0 Å². The number of hydrogen-bond donors (Lipinski definition) is 3. The van der Waals surface area contributed by atoms with Gasteiger partial charge in [-0.05, 0) is 18.4 Å². The number of phenols is 1. The molecule has 1 unspecified atom stereocenters. The number of phenolic OH excluding ortho intramolecular Hbond substituents is 1. The summed E-state index contributed by atoms with van der Waals surface area (Å²) >= 11 is 0. The van der Waals surface area contributed by atoms with E-state index in [2.05, 4.69) is 5.32 Å². The lowest BCUT2D eigenvalue weighted by Gasteiger charge is -2.22. The highest BCUT2D eigenvalue weighted by Crippen LogP contribution is 2.32. The molecule has 4 heteroatoms. The molecule has 0 fully saturated rings. The molecule has 0 aliphatic heterocycles.